The molecule has 1 aliphatic rings. The summed E-state index contributed by atoms with van der Waals surface area (Å²) in [7, 11) is 0. The second kappa shape index (κ2) is 8.00. The average Bonchev–Trinajstić information content (AvgIpc) is 3.31. The number of nitrogens with zero attached hydrogens (tertiary/aromatic N) is 4. The van der Waals surface area contributed by atoms with Crippen LogP contribution in [-0.2, 0) is 11.3 Å². The van der Waals surface area contributed by atoms with Crippen LogP contribution < -0.4 is 10.5 Å². The number of fused-ring (bicyclic) bond motifs is 2. The van der Waals surface area contributed by atoms with Crippen LogP contribution in [0.3, 0.4) is 0 Å². The number of nitrogens with two attached hydrogens (primary N) is 1. The fourth-order valence-electron chi connectivity index (χ4n) is 3.83. The van der Waals surface area contributed by atoms with Crippen LogP contribution in [0.25, 0.3) is 21.4 Å². The van der Waals surface area contributed by atoms with Gasteiger partial charge in [-0.15, -0.1) is 0 Å². The zero-order valence-electron chi connectivity index (χ0n) is 16.3. The van der Waals surface area contributed by atoms with Crippen molar-refractivity contribution in [1.29, 1.82) is 0 Å². The number of pyridine rings is 2. The van der Waals surface area contributed by atoms with E-state index in [1.807, 2.05) is 24.3 Å². The summed E-state index contributed by atoms with van der Waals surface area (Å²) >= 11 is 1.44. The van der Waals surface area contributed by atoms with Gasteiger partial charge in [-0.1, -0.05) is 11.3 Å². The van der Waals surface area contributed by atoms with Crippen molar-refractivity contribution in [1.82, 2.24) is 19.9 Å². The van der Waals surface area contributed by atoms with E-state index in [9.17, 15) is 4.79 Å². The molecule has 2 N–H and O–H groups in total. The number of furan rings is 1. The maximum Gasteiger partial charge on any atom is 0.281 e. The molecule has 8 nitrogen and oxygen atoms in total. The average molecular weight is 423 g/mol. The maximum absolute atomic E-state index is 11.1. The summed E-state index contributed by atoms with van der Waals surface area (Å²) in [6.07, 6.45) is 5.84. The summed E-state index contributed by atoms with van der Waals surface area (Å²) in [5.74, 6) is 1.63. The lowest BCUT2D eigenvalue weighted by atomic mass is 9.93. The van der Waals surface area contributed by atoms with E-state index >= 15 is 0 Å². The third-order valence-corrected chi connectivity index (χ3v) is 6.21. The van der Waals surface area contributed by atoms with E-state index in [4.69, 9.17) is 14.9 Å². The number of thiazole rings is 1. The van der Waals surface area contributed by atoms with E-state index in [1.54, 1.807) is 12.4 Å². The van der Waals surface area contributed by atoms with Gasteiger partial charge in [0.2, 0.25) is 5.91 Å². The normalized spacial score (nSPS) is 15.7. The summed E-state index contributed by atoms with van der Waals surface area (Å²) in [5, 5.41) is 0.524. The van der Waals surface area contributed by atoms with Crippen LogP contribution in [0.1, 0.15) is 25.0 Å². The number of carbonyl (C=O) groups excluding carboxylic acids is 1. The molecule has 1 saturated heterocycles. The van der Waals surface area contributed by atoms with Crippen LogP contribution >= 0.6 is 11.3 Å². The van der Waals surface area contributed by atoms with Crippen molar-refractivity contribution in [3.05, 3.63) is 42.4 Å². The van der Waals surface area contributed by atoms with Crippen molar-refractivity contribution in [2.45, 2.75) is 25.8 Å². The molecule has 5 heterocycles. The first kappa shape index (κ1) is 19.0. The van der Waals surface area contributed by atoms with Crippen molar-refractivity contribution in [3.8, 4) is 10.9 Å². The lowest BCUT2D eigenvalue weighted by Gasteiger charge is -2.30. The third kappa shape index (κ3) is 4.12. The molecule has 5 rings (SSSR count). The van der Waals surface area contributed by atoms with E-state index in [-0.39, 0.29) is 5.91 Å². The Bertz CT molecular complexity index is 1160. The highest BCUT2D eigenvalue weighted by molar-refractivity contribution is 7.20. The lowest BCUT2D eigenvalue weighted by Crippen LogP contribution is -2.34. The molecule has 1 amide bonds. The number of rotatable bonds is 6. The Kier molecular flexibility index (Phi) is 5.06. The molecule has 0 aliphatic carbocycles. The predicted octanol–water partition coefficient (Wildman–Crippen LogP) is 3.71. The van der Waals surface area contributed by atoms with Gasteiger partial charge in [0.15, 0.2) is 17.0 Å². The highest BCUT2D eigenvalue weighted by Crippen LogP contribution is 2.32. The Morgan fingerprint density at radius 1 is 1.30 bits per heavy atom. The van der Waals surface area contributed by atoms with Crippen molar-refractivity contribution < 1.29 is 13.9 Å². The SMILES string of the molecule is NC(=O)CC1CCN(Cc2cc3ncc(Oc4nc5ncccc5s4)cc3o2)CC1. The summed E-state index contributed by atoms with van der Waals surface area (Å²) in [5.41, 5.74) is 7.47. The van der Waals surface area contributed by atoms with Gasteiger partial charge in [-0.2, -0.15) is 4.98 Å². The monoisotopic (exact) mass is 423 g/mol. The minimum atomic E-state index is -0.211. The molecule has 0 atom stereocenters. The molecule has 30 heavy (non-hydrogen) atoms. The second-order valence-electron chi connectivity index (χ2n) is 7.56. The molecule has 1 aliphatic heterocycles. The number of hydrogen-bond acceptors (Lipinski definition) is 8. The number of primary amides is 1. The molecular weight excluding hydrogens is 402 g/mol. The summed E-state index contributed by atoms with van der Waals surface area (Å²) in [4.78, 5) is 26.5. The Morgan fingerprint density at radius 3 is 2.97 bits per heavy atom. The molecule has 0 radical (unpaired) electrons. The highest BCUT2D eigenvalue weighted by atomic mass is 32.1. The van der Waals surface area contributed by atoms with Crippen molar-refractivity contribution in [2.24, 2.45) is 11.7 Å². The van der Waals surface area contributed by atoms with Gasteiger partial charge in [-0.25, -0.2) is 9.97 Å². The van der Waals surface area contributed by atoms with Gasteiger partial charge in [0.25, 0.3) is 5.19 Å². The fourth-order valence-corrected chi connectivity index (χ4v) is 4.63. The first-order valence-electron chi connectivity index (χ1n) is 9.91. The largest absolute Gasteiger partial charge is 0.458 e. The minimum absolute atomic E-state index is 0.211. The summed E-state index contributed by atoms with van der Waals surface area (Å²) in [6.45, 7) is 2.59. The first-order chi connectivity index (χ1) is 14.6. The smallest absolute Gasteiger partial charge is 0.281 e. The summed E-state index contributed by atoms with van der Waals surface area (Å²) in [6, 6.07) is 7.65. The molecule has 0 bridgehead atoms. The van der Waals surface area contributed by atoms with Crippen LogP contribution in [0.5, 0.6) is 10.9 Å². The lowest BCUT2D eigenvalue weighted by molar-refractivity contribution is -0.119. The fraction of sp³-hybridized carbons (Fsp3) is 0.333. The van der Waals surface area contributed by atoms with Crippen molar-refractivity contribution in [3.63, 3.8) is 0 Å². The molecule has 1 fully saturated rings. The van der Waals surface area contributed by atoms with E-state index in [2.05, 4.69) is 19.9 Å². The topological polar surface area (TPSA) is 107 Å². The maximum atomic E-state index is 11.1. The molecule has 154 valence electrons. The van der Waals surface area contributed by atoms with Gasteiger partial charge < -0.3 is 14.9 Å². The Balaban J connectivity index is 1.25. The Labute approximate surface area is 176 Å². The van der Waals surface area contributed by atoms with E-state index < -0.39 is 0 Å². The number of carbonyl (C=O) groups is 1. The van der Waals surface area contributed by atoms with Crippen LogP contribution in [0.2, 0.25) is 0 Å². The molecular formula is C21H21N5O3S. The molecule has 9 heteroatoms. The molecule has 0 saturated carbocycles. The first-order valence-corrected chi connectivity index (χ1v) is 10.7. The van der Waals surface area contributed by atoms with Crippen molar-refractivity contribution >= 4 is 38.7 Å². The molecule has 0 aromatic carbocycles. The zero-order chi connectivity index (χ0) is 20.5. The molecule has 0 spiro atoms. The molecule has 4 aromatic heterocycles. The minimum Gasteiger partial charge on any atom is -0.458 e. The van der Waals surface area contributed by atoms with Gasteiger partial charge in [0, 0.05) is 24.8 Å². The van der Waals surface area contributed by atoms with Gasteiger partial charge in [0.1, 0.15) is 11.3 Å². The van der Waals surface area contributed by atoms with E-state index in [0.717, 1.165) is 48.5 Å². The zero-order valence-corrected chi connectivity index (χ0v) is 17.1. The molecule has 4 aromatic rings. The van der Waals surface area contributed by atoms with Crippen molar-refractivity contribution in [2.75, 3.05) is 13.1 Å². The van der Waals surface area contributed by atoms with E-state index in [1.165, 1.54) is 11.3 Å². The highest BCUT2D eigenvalue weighted by Gasteiger charge is 2.21. The number of piperidine rings is 1. The van der Waals surface area contributed by atoms with Crippen LogP contribution in [-0.4, -0.2) is 38.8 Å². The standard InChI is InChI=1S/C21H21N5O3S/c22-19(27)8-13-3-6-26(7-4-13)12-15-9-16-17(28-15)10-14(11-24-16)29-21-25-20-18(30-21)2-1-5-23-20/h1-2,5,9-11,13H,3-4,6-8,12H2,(H2,22,27). The quantitative estimate of drug-likeness (QED) is 0.504. The summed E-state index contributed by atoms with van der Waals surface area (Å²) < 4.78 is 12.9. The van der Waals surface area contributed by atoms with E-state index in [0.29, 0.717) is 34.5 Å². The molecule has 0 unspecified atom stereocenters. The Hall–Kier alpha value is -3.04. The number of amides is 1. The number of ether oxygens (including phenoxy) is 1. The third-order valence-electron chi connectivity index (χ3n) is 5.32. The van der Waals surface area contributed by atoms with Gasteiger partial charge in [-0.05, 0) is 44.0 Å². The van der Waals surface area contributed by atoms with Gasteiger partial charge >= 0.3 is 0 Å². The van der Waals surface area contributed by atoms with Gasteiger partial charge in [-0.3, -0.25) is 9.69 Å². The van der Waals surface area contributed by atoms with Crippen LogP contribution in [0.4, 0.5) is 0 Å². The number of hydrogen-bond donors (Lipinski definition) is 1. The second-order valence-corrected chi connectivity index (χ2v) is 8.56. The Morgan fingerprint density at radius 2 is 2.17 bits per heavy atom. The number of likely N-dealkylation sites (tertiary alicyclic amines) is 1. The van der Waals surface area contributed by atoms with Crippen LogP contribution in [0.15, 0.2) is 41.1 Å². The predicted molar refractivity (Wildman–Crippen MR) is 113 cm³/mol. The van der Waals surface area contributed by atoms with Crippen LogP contribution in [0, 0.1) is 5.92 Å². The van der Waals surface area contributed by atoms with Gasteiger partial charge in [0.05, 0.1) is 17.4 Å². The number of aromatic nitrogens is 3.